The number of amides is 3. The molecule has 1 saturated heterocycles. The smallest absolute Gasteiger partial charge is 0.263 e. The fourth-order valence-corrected chi connectivity index (χ4v) is 5.87. The van der Waals surface area contributed by atoms with Crippen molar-refractivity contribution in [1.82, 2.24) is 19.6 Å². The summed E-state index contributed by atoms with van der Waals surface area (Å²) in [5, 5.41) is 4.20. The number of rotatable bonds is 6. The number of aromatic nitrogens is 2. The SMILES string of the molecule is CN(CCn1cccn1)C(=O)C1CCN(c2cccc3c2C(=O)N(C2CCCCCC2)C3=O)CC1. The Labute approximate surface area is 206 Å². The van der Waals surface area contributed by atoms with Crippen LogP contribution in [0.4, 0.5) is 5.69 Å². The van der Waals surface area contributed by atoms with Crippen LogP contribution in [0.3, 0.4) is 0 Å². The third-order valence-electron chi connectivity index (χ3n) is 7.90. The standard InChI is InChI=1S/C27H35N5O3/c1-29(18-19-31-15-7-14-28-31)25(33)20-12-16-30(17-13-20)23-11-6-10-22-24(23)27(35)32(26(22)34)21-8-4-2-3-5-9-21/h6-7,10-11,14-15,20-21H,2-5,8-9,12-13,16-19H2,1H3. The number of anilines is 1. The first-order valence-corrected chi connectivity index (χ1v) is 13.0. The van der Waals surface area contributed by atoms with Crippen molar-refractivity contribution in [2.45, 2.75) is 64.0 Å². The Morgan fingerprint density at radius 2 is 1.74 bits per heavy atom. The van der Waals surface area contributed by atoms with Gasteiger partial charge in [0.1, 0.15) is 0 Å². The van der Waals surface area contributed by atoms with Crippen molar-refractivity contribution in [1.29, 1.82) is 0 Å². The third kappa shape index (κ3) is 4.70. The largest absolute Gasteiger partial charge is 0.371 e. The molecule has 3 amide bonds. The van der Waals surface area contributed by atoms with Crippen molar-refractivity contribution in [2.75, 3.05) is 31.6 Å². The summed E-state index contributed by atoms with van der Waals surface area (Å²) in [5.74, 6) is -0.127. The number of nitrogens with zero attached hydrogens (tertiary/aromatic N) is 5. The molecule has 0 radical (unpaired) electrons. The van der Waals surface area contributed by atoms with Crippen LogP contribution in [0, 0.1) is 5.92 Å². The number of fused-ring (bicyclic) bond motifs is 1. The van der Waals surface area contributed by atoms with Gasteiger partial charge in [-0.1, -0.05) is 31.7 Å². The molecule has 1 aromatic carbocycles. The summed E-state index contributed by atoms with van der Waals surface area (Å²) in [6.07, 6.45) is 11.4. The summed E-state index contributed by atoms with van der Waals surface area (Å²) in [6, 6.07) is 7.53. The summed E-state index contributed by atoms with van der Waals surface area (Å²) >= 11 is 0. The van der Waals surface area contributed by atoms with E-state index in [1.54, 1.807) is 22.1 Å². The Bertz CT molecular complexity index is 1070. The fraction of sp³-hybridized carbons (Fsp3) is 0.556. The van der Waals surface area contributed by atoms with E-state index >= 15 is 0 Å². The minimum atomic E-state index is -0.136. The zero-order valence-electron chi connectivity index (χ0n) is 20.6. The zero-order chi connectivity index (χ0) is 24.4. The van der Waals surface area contributed by atoms with Gasteiger partial charge < -0.3 is 9.80 Å². The Morgan fingerprint density at radius 1 is 1.00 bits per heavy atom. The van der Waals surface area contributed by atoms with E-state index in [9.17, 15) is 14.4 Å². The van der Waals surface area contributed by atoms with Crippen molar-refractivity contribution in [3.05, 3.63) is 47.8 Å². The summed E-state index contributed by atoms with van der Waals surface area (Å²) in [4.78, 5) is 45.3. The molecule has 2 aromatic rings. The zero-order valence-corrected chi connectivity index (χ0v) is 20.6. The lowest BCUT2D eigenvalue weighted by molar-refractivity contribution is -0.135. The van der Waals surface area contributed by atoms with E-state index in [0.29, 0.717) is 37.3 Å². The van der Waals surface area contributed by atoms with Gasteiger partial charge in [-0.15, -0.1) is 0 Å². The van der Waals surface area contributed by atoms with Gasteiger partial charge in [-0.3, -0.25) is 24.0 Å². The van der Waals surface area contributed by atoms with Crippen LogP contribution < -0.4 is 4.90 Å². The maximum Gasteiger partial charge on any atom is 0.263 e. The highest BCUT2D eigenvalue weighted by atomic mass is 16.2. The van der Waals surface area contributed by atoms with Crippen LogP contribution >= 0.6 is 0 Å². The van der Waals surface area contributed by atoms with Gasteiger partial charge in [-0.25, -0.2) is 0 Å². The van der Waals surface area contributed by atoms with Crippen molar-refractivity contribution in [3.63, 3.8) is 0 Å². The molecule has 8 heteroatoms. The van der Waals surface area contributed by atoms with Gasteiger partial charge in [0.15, 0.2) is 0 Å². The average Bonchev–Trinajstić information content (AvgIpc) is 3.39. The lowest BCUT2D eigenvalue weighted by Crippen LogP contribution is -2.42. The molecule has 0 spiro atoms. The molecule has 1 aliphatic carbocycles. The molecule has 3 aliphatic rings. The predicted octanol–water partition coefficient (Wildman–Crippen LogP) is 3.58. The summed E-state index contributed by atoms with van der Waals surface area (Å²) in [7, 11) is 1.86. The van der Waals surface area contributed by atoms with E-state index in [4.69, 9.17) is 0 Å². The lowest BCUT2D eigenvalue weighted by atomic mass is 9.94. The third-order valence-corrected chi connectivity index (χ3v) is 7.90. The number of likely N-dealkylation sites (N-methyl/N-ethyl adjacent to an activating group) is 1. The van der Waals surface area contributed by atoms with E-state index < -0.39 is 0 Å². The molecule has 0 atom stereocenters. The molecule has 2 fully saturated rings. The van der Waals surface area contributed by atoms with Crippen LogP contribution in [0.15, 0.2) is 36.7 Å². The number of hydrogen-bond donors (Lipinski definition) is 0. The molecule has 35 heavy (non-hydrogen) atoms. The minimum absolute atomic E-state index is 0.0124. The first-order chi connectivity index (χ1) is 17.0. The second-order valence-corrected chi connectivity index (χ2v) is 10.1. The van der Waals surface area contributed by atoms with Gasteiger partial charge in [0, 0.05) is 51.0 Å². The fourth-order valence-electron chi connectivity index (χ4n) is 5.87. The van der Waals surface area contributed by atoms with Gasteiger partial charge in [0.05, 0.1) is 23.4 Å². The number of hydrogen-bond acceptors (Lipinski definition) is 5. The number of benzene rings is 1. The first kappa shape index (κ1) is 23.6. The van der Waals surface area contributed by atoms with Crippen LogP contribution in [0.2, 0.25) is 0 Å². The molecule has 5 rings (SSSR count). The first-order valence-electron chi connectivity index (χ1n) is 13.0. The Morgan fingerprint density at radius 3 is 2.43 bits per heavy atom. The number of carbonyl (C=O) groups is 3. The van der Waals surface area contributed by atoms with Crippen LogP contribution in [0.25, 0.3) is 0 Å². The number of carbonyl (C=O) groups excluding carboxylic acids is 3. The van der Waals surface area contributed by atoms with Gasteiger partial charge in [0.25, 0.3) is 11.8 Å². The van der Waals surface area contributed by atoms with Crippen molar-refractivity contribution in [3.8, 4) is 0 Å². The molecule has 0 N–H and O–H groups in total. The second-order valence-electron chi connectivity index (χ2n) is 10.1. The molecule has 2 aliphatic heterocycles. The van der Waals surface area contributed by atoms with Crippen molar-refractivity contribution >= 4 is 23.4 Å². The average molecular weight is 478 g/mol. The number of piperidine rings is 1. The molecule has 1 aromatic heterocycles. The summed E-state index contributed by atoms with van der Waals surface area (Å²) in [5.41, 5.74) is 1.94. The van der Waals surface area contributed by atoms with Crippen LogP contribution in [-0.4, -0.2) is 70.0 Å². The minimum Gasteiger partial charge on any atom is -0.371 e. The van der Waals surface area contributed by atoms with E-state index in [1.165, 1.54) is 12.8 Å². The van der Waals surface area contributed by atoms with Crippen LogP contribution in [0.1, 0.15) is 72.1 Å². The highest BCUT2D eigenvalue weighted by Gasteiger charge is 2.42. The normalized spacial score (nSPS) is 19.7. The predicted molar refractivity (Wildman–Crippen MR) is 133 cm³/mol. The van der Waals surface area contributed by atoms with Gasteiger partial charge in [0.2, 0.25) is 5.91 Å². The Hall–Kier alpha value is -3.16. The second kappa shape index (κ2) is 10.2. The molecule has 0 bridgehead atoms. The Kier molecular flexibility index (Phi) is 6.88. The van der Waals surface area contributed by atoms with Crippen LogP contribution in [-0.2, 0) is 11.3 Å². The maximum absolute atomic E-state index is 13.5. The van der Waals surface area contributed by atoms with Gasteiger partial charge in [-0.2, -0.15) is 5.10 Å². The van der Waals surface area contributed by atoms with E-state index in [2.05, 4.69) is 10.00 Å². The topological polar surface area (TPSA) is 78.8 Å². The van der Waals surface area contributed by atoms with E-state index in [-0.39, 0.29) is 29.7 Å². The van der Waals surface area contributed by atoms with E-state index in [0.717, 1.165) is 44.2 Å². The molecule has 3 heterocycles. The molecule has 186 valence electrons. The highest BCUT2D eigenvalue weighted by Crippen LogP contribution is 2.37. The highest BCUT2D eigenvalue weighted by molar-refractivity contribution is 6.24. The van der Waals surface area contributed by atoms with E-state index in [1.807, 2.05) is 36.1 Å². The molecular weight excluding hydrogens is 442 g/mol. The maximum atomic E-state index is 13.5. The summed E-state index contributed by atoms with van der Waals surface area (Å²) in [6.45, 7) is 2.70. The van der Waals surface area contributed by atoms with Crippen molar-refractivity contribution in [2.24, 2.45) is 5.92 Å². The molecule has 0 unspecified atom stereocenters. The van der Waals surface area contributed by atoms with Crippen LogP contribution in [0.5, 0.6) is 0 Å². The molecule has 8 nitrogen and oxygen atoms in total. The lowest BCUT2D eigenvalue weighted by Gasteiger charge is -2.35. The number of imide groups is 1. The van der Waals surface area contributed by atoms with Crippen molar-refractivity contribution < 1.29 is 14.4 Å². The monoisotopic (exact) mass is 477 g/mol. The molecular formula is C27H35N5O3. The van der Waals surface area contributed by atoms with Gasteiger partial charge >= 0.3 is 0 Å². The summed E-state index contributed by atoms with van der Waals surface area (Å²) < 4.78 is 1.83. The quantitative estimate of drug-likeness (QED) is 0.469. The van der Waals surface area contributed by atoms with Gasteiger partial charge in [-0.05, 0) is 43.9 Å². The molecule has 1 saturated carbocycles. The Balaban J connectivity index is 1.24.